The fraction of sp³-hybridized carbons (Fsp3) is 0.375. The molecule has 0 radical (unpaired) electrons. The summed E-state index contributed by atoms with van der Waals surface area (Å²) in [6.07, 6.45) is 3.16. The number of carbonyl (C=O) groups is 2. The van der Waals surface area contributed by atoms with Crippen molar-refractivity contribution < 1.29 is 9.59 Å². The molecular weight excluding hydrogens is 294 g/mol. The van der Waals surface area contributed by atoms with Gasteiger partial charge in [0, 0.05) is 25.8 Å². The fourth-order valence-electron chi connectivity index (χ4n) is 2.56. The first-order chi connectivity index (χ1) is 11.1. The second-order valence-corrected chi connectivity index (χ2v) is 5.72. The molecule has 3 rings (SSSR count). The van der Waals surface area contributed by atoms with Gasteiger partial charge in [0.05, 0.1) is 12.7 Å². The van der Waals surface area contributed by atoms with Crippen LogP contribution in [-0.2, 0) is 22.7 Å². The molecule has 0 bridgehead atoms. The molecule has 0 saturated carbocycles. The SMILES string of the molecule is Cc1ccc(CN2CCN(C(=O)Cn3ccnn3)CC2=O)cc1. The Labute approximate surface area is 134 Å². The molecule has 1 aromatic heterocycles. The predicted molar refractivity (Wildman–Crippen MR) is 83.2 cm³/mol. The number of amides is 2. The number of rotatable bonds is 4. The van der Waals surface area contributed by atoms with Gasteiger partial charge in [0.1, 0.15) is 6.54 Å². The quantitative estimate of drug-likeness (QED) is 0.822. The maximum Gasteiger partial charge on any atom is 0.244 e. The minimum atomic E-state index is -0.112. The lowest BCUT2D eigenvalue weighted by Crippen LogP contribution is -2.52. The molecule has 7 nitrogen and oxygen atoms in total. The number of aromatic nitrogens is 3. The Balaban J connectivity index is 1.55. The summed E-state index contributed by atoms with van der Waals surface area (Å²) < 4.78 is 1.46. The van der Waals surface area contributed by atoms with Crippen LogP contribution in [0.25, 0.3) is 0 Å². The Morgan fingerprint density at radius 1 is 1.22 bits per heavy atom. The van der Waals surface area contributed by atoms with Gasteiger partial charge in [-0.1, -0.05) is 35.0 Å². The van der Waals surface area contributed by atoms with E-state index in [0.717, 1.165) is 5.56 Å². The third-order valence-electron chi connectivity index (χ3n) is 3.93. The van der Waals surface area contributed by atoms with Crippen LogP contribution < -0.4 is 0 Å². The zero-order chi connectivity index (χ0) is 16.2. The van der Waals surface area contributed by atoms with Crippen LogP contribution in [0.3, 0.4) is 0 Å². The molecule has 7 heteroatoms. The van der Waals surface area contributed by atoms with Gasteiger partial charge < -0.3 is 9.80 Å². The molecule has 0 unspecified atom stereocenters. The molecule has 1 aliphatic heterocycles. The van der Waals surface area contributed by atoms with E-state index in [1.54, 1.807) is 16.0 Å². The molecule has 2 heterocycles. The zero-order valence-electron chi connectivity index (χ0n) is 13.1. The van der Waals surface area contributed by atoms with Crippen molar-refractivity contribution in [2.24, 2.45) is 0 Å². The van der Waals surface area contributed by atoms with E-state index in [1.165, 1.54) is 16.4 Å². The summed E-state index contributed by atoms with van der Waals surface area (Å²) >= 11 is 0. The number of hydrogen-bond acceptors (Lipinski definition) is 4. The van der Waals surface area contributed by atoms with Crippen LogP contribution in [0.1, 0.15) is 11.1 Å². The molecule has 0 aliphatic carbocycles. The highest BCUT2D eigenvalue weighted by Crippen LogP contribution is 2.11. The van der Waals surface area contributed by atoms with Crippen LogP contribution in [0, 0.1) is 6.92 Å². The maximum atomic E-state index is 12.3. The Bertz CT molecular complexity index is 681. The van der Waals surface area contributed by atoms with Crippen molar-refractivity contribution in [2.75, 3.05) is 19.6 Å². The van der Waals surface area contributed by atoms with Crippen molar-refractivity contribution >= 4 is 11.8 Å². The van der Waals surface area contributed by atoms with Crippen LogP contribution in [0.4, 0.5) is 0 Å². The Kier molecular flexibility index (Phi) is 4.36. The van der Waals surface area contributed by atoms with E-state index in [2.05, 4.69) is 10.3 Å². The fourth-order valence-corrected chi connectivity index (χ4v) is 2.56. The van der Waals surface area contributed by atoms with E-state index in [1.807, 2.05) is 31.2 Å². The number of nitrogens with zero attached hydrogens (tertiary/aromatic N) is 5. The average molecular weight is 313 g/mol. The van der Waals surface area contributed by atoms with Crippen LogP contribution in [-0.4, -0.2) is 56.2 Å². The van der Waals surface area contributed by atoms with Crippen molar-refractivity contribution in [1.82, 2.24) is 24.8 Å². The summed E-state index contributed by atoms with van der Waals surface area (Å²) in [5.41, 5.74) is 2.30. The van der Waals surface area contributed by atoms with Crippen molar-refractivity contribution in [2.45, 2.75) is 20.0 Å². The second-order valence-electron chi connectivity index (χ2n) is 5.72. The van der Waals surface area contributed by atoms with Gasteiger partial charge in [-0.15, -0.1) is 5.10 Å². The van der Waals surface area contributed by atoms with Gasteiger partial charge >= 0.3 is 0 Å². The lowest BCUT2D eigenvalue weighted by molar-refractivity contribution is -0.146. The van der Waals surface area contributed by atoms with Crippen molar-refractivity contribution in [1.29, 1.82) is 0 Å². The first kappa shape index (κ1) is 15.2. The lowest BCUT2D eigenvalue weighted by Gasteiger charge is -2.34. The summed E-state index contributed by atoms with van der Waals surface area (Å²) in [6, 6.07) is 8.14. The highest BCUT2D eigenvalue weighted by Gasteiger charge is 2.27. The molecule has 0 N–H and O–H groups in total. The molecule has 23 heavy (non-hydrogen) atoms. The Hall–Kier alpha value is -2.70. The monoisotopic (exact) mass is 313 g/mol. The minimum absolute atomic E-state index is 0.0243. The molecule has 1 aromatic carbocycles. The summed E-state index contributed by atoms with van der Waals surface area (Å²) in [7, 11) is 0. The third-order valence-corrected chi connectivity index (χ3v) is 3.93. The van der Waals surface area contributed by atoms with Crippen LogP contribution >= 0.6 is 0 Å². The van der Waals surface area contributed by atoms with Gasteiger partial charge in [0.15, 0.2) is 0 Å². The number of benzene rings is 1. The van der Waals surface area contributed by atoms with E-state index in [9.17, 15) is 9.59 Å². The molecule has 1 fully saturated rings. The molecule has 2 aromatic rings. The summed E-state index contributed by atoms with van der Waals surface area (Å²) in [5, 5.41) is 7.44. The van der Waals surface area contributed by atoms with Crippen molar-refractivity contribution in [3.63, 3.8) is 0 Å². The summed E-state index contributed by atoms with van der Waals surface area (Å²) in [6.45, 7) is 3.96. The van der Waals surface area contributed by atoms with E-state index in [0.29, 0.717) is 19.6 Å². The third kappa shape index (κ3) is 3.74. The zero-order valence-corrected chi connectivity index (χ0v) is 13.1. The van der Waals surface area contributed by atoms with Crippen LogP contribution in [0.15, 0.2) is 36.7 Å². The average Bonchev–Trinajstić information content (AvgIpc) is 3.04. The molecular formula is C16H19N5O2. The van der Waals surface area contributed by atoms with Crippen LogP contribution in [0.2, 0.25) is 0 Å². The molecule has 0 spiro atoms. The summed E-state index contributed by atoms with van der Waals surface area (Å²) in [5.74, 6) is -0.136. The minimum Gasteiger partial charge on any atom is -0.335 e. The maximum absolute atomic E-state index is 12.3. The van der Waals surface area contributed by atoms with Crippen molar-refractivity contribution in [3.05, 3.63) is 47.8 Å². The Morgan fingerprint density at radius 3 is 2.65 bits per heavy atom. The van der Waals surface area contributed by atoms with Crippen molar-refractivity contribution in [3.8, 4) is 0 Å². The van der Waals surface area contributed by atoms with E-state index >= 15 is 0 Å². The largest absolute Gasteiger partial charge is 0.335 e. The van der Waals surface area contributed by atoms with Gasteiger partial charge in [-0.05, 0) is 12.5 Å². The second kappa shape index (κ2) is 6.60. The molecule has 0 atom stereocenters. The van der Waals surface area contributed by atoms with Crippen LogP contribution in [0.5, 0.6) is 0 Å². The highest BCUT2D eigenvalue weighted by atomic mass is 16.2. The topological polar surface area (TPSA) is 71.3 Å². The first-order valence-corrected chi connectivity index (χ1v) is 7.57. The van der Waals surface area contributed by atoms with Gasteiger partial charge in [0.2, 0.25) is 11.8 Å². The predicted octanol–water partition coefficient (Wildman–Crippen LogP) is 0.458. The van der Waals surface area contributed by atoms with E-state index < -0.39 is 0 Å². The first-order valence-electron chi connectivity index (χ1n) is 7.57. The lowest BCUT2D eigenvalue weighted by atomic mass is 10.1. The number of piperazine rings is 1. The number of hydrogen-bond donors (Lipinski definition) is 0. The van der Waals surface area contributed by atoms with Gasteiger partial charge in [-0.2, -0.15) is 0 Å². The normalized spacial score (nSPS) is 15.1. The molecule has 1 saturated heterocycles. The van der Waals surface area contributed by atoms with Gasteiger partial charge in [-0.25, -0.2) is 4.68 Å². The van der Waals surface area contributed by atoms with E-state index in [-0.39, 0.29) is 24.9 Å². The molecule has 1 aliphatic rings. The molecule has 2 amide bonds. The summed E-state index contributed by atoms with van der Waals surface area (Å²) in [4.78, 5) is 27.8. The van der Waals surface area contributed by atoms with Gasteiger partial charge in [0.25, 0.3) is 0 Å². The smallest absolute Gasteiger partial charge is 0.244 e. The number of aryl methyl sites for hydroxylation is 1. The molecule has 120 valence electrons. The number of carbonyl (C=O) groups excluding carboxylic acids is 2. The highest BCUT2D eigenvalue weighted by molar-refractivity contribution is 5.85. The Morgan fingerprint density at radius 2 is 2.00 bits per heavy atom. The standard InChI is InChI=1S/C16H19N5O2/c1-13-2-4-14(5-3-13)10-19-8-9-20(11-15(19)22)16(23)12-21-7-6-17-18-21/h2-7H,8-12H2,1H3. The van der Waals surface area contributed by atoms with Gasteiger partial charge in [-0.3, -0.25) is 9.59 Å². The van der Waals surface area contributed by atoms with E-state index in [4.69, 9.17) is 0 Å².